The summed E-state index contributed by atoms with van der Waals surface area (Å²) in [7, 11) is 0. The number of carbonyl (C=O) groups is 3. The van der Waals surface area contributed by atoms with Crippen LogP contribution in [0.25, 0.3) is 0 Å². The van der Waals surface area contributed by atoms with Gasteiger partial charge < -0.3 is 19.4 Å². The lowest BCUT2D eigenvalue weighted by Gasteiger charge is -2.60. The van der Waals surface area contributed by atoms with Crippen molar-refractivity contribution in [3.8, 4) is 0 Å². The summed E-state index contributed by atoms with van der Waals surface area (Å²) in [5.74, 6) is -1.69. The van der Waals surface area contributed by atoms with Gasteiger partial charge in [-0.25, -0.2) is 4.79 Å². The SMILES string of the molecule is CC1C[C@H]2[C@@H]3CCC4=CC(=O)C=C[C@]4(C)[C@H]3C(O)C[C@]2(C)[C@@]1(OC(=O)c1ccco1)C(=O)CO. The van der Waals surface area contributed by atoms with Gasteiger partial charge in [0.15, 0.2) is 11.4 Å². The van der Waals surface area contributed by atoms with Gasteiger partial charge in [-0.1, -0.05) is 32.4 Å². The van der Waals surface area contributed by atoms with Crippen molar-refractivity contribution in [3.63, 3.8) is 0 Å². The van der Waals surface area contributed by atoms with E-state index in [1.54, 1.807) is 18.2 Å². The van der Waals surface area contributed by atoms with E-state index >= 15 is 0 Å². The molecule has 7 nitrogen and oxygen atoms in total. The molecule has 0 radical (unpaired) electrons. The monoisotopic (exact) mass is 468 g/mol. The highest BCUT2D eigenvalue weighted by Gasteiger charge is 2.72. The van der Waals surface area contributed by atoms with Gasteiger partial charge in [-0.15, -0.1) is 0 Å². The minimum Gasteiger partial charge on any atom is -0.457 e. The molecule has 2 unspecified atom stereocenters. The van der Waals surface area contributed by atoms with E-state index in [2.05, 4.69) is 6.92 Å². The lowest BCUT2D eigenvalue weighted by atomic mass is 9.46. The van der Waals surface area contributed by atoms with Gasteiger partial charge in [-0.2, -0.15) is 0 Å². The summed E-state index contributed by atoms with van der Waals surface area (Å²) < 4.78 is 11.2. The van der Waals surface area contributed by atoms with Gasteiger partial charge in [0.25, 0.3) is 0 Å². The number of rotatable bonds is 4. The second kappa shape index (κ2) is 7.75. The summed E-state index contributed by atoms with van der Waals surface area (Å²) in [6.07, 6.45) is 8.26. The molecule has 1 aromatic rings. The molecule has 0 aromatic carbocycles. The molecular weight excluding hydrogens is 436 g/mol. The number of fused-ring (bicyclic) bond motifs is 5. The number of aliphatic hydroxyl groups is 2. The number of esters is 1. The molecule has 0 saturated heterocycles. The van der Waals surface area contributed by atoms with Gasteiger partial charge in [0.05, 0.1) is 12.4 Å². The predicted molar refractivity (Wildman–Crippen MR) is 122 cm³/mol. The molecule has 1 aromatic heterocycles. The fourth-order valence-corrected chi connectivity index (χ4v) is 8.22. The molecule has 182 valence electrons. The number of aliphatic hydroxyl groups excluding tert-OH is 2. The smallest absolute Gasteiger partial charge is 0.375 e. The number of hydrogen-bond acceptors (Lipinski definition) is 7. The largest absolute Gasteiger partial charge is 0.457 e. The molecule has 2 N–H and O–H groups in total. The predicted octanol–water partition coefficient (Wildman–Crippen LogP) is 3.26. The Morgan fingerprint density at radius 2 is 2.06 bits per heavy atom. The van der Waals surface area contributed by atoms with Gasteiger partial charge >= 0.3 is 5.97 Å². The molecule has 1 heterocycles. The summed E-state index contributed by atoms with van der Waals surface area (Å²) in [4.78, 5) is 38.5. The van der Waals surface area contributed by atoms with E-state index < -0.39 is 40.9 Å². The maximum atomic E-state index is 13.4. The van der Waals surface area contributed by atoms with Crippen molar-refractivity contribution in [2.45, 2.75) is 58.2 Å². The van der Waals surface area contributed by atoms with Crippen LogP contribution >= 0.6 is 0 Å². The third-order valence-corrected chi connectivity index (χ3v) is 9.57. The van der Waals surface area contributed by atoms with E-state index in [4.69, 9.17) is 9.15 Å². The average Bonchev–Trinajstić information content (AvgIpc) is 3.40. The summed E-state index contributed by atoms with van der Waals surface area (Å²) in [6.45, 7) is 5.16. The minimum absolute atomic E-state index is 0.000189. The first kappa shape index (κ1) is 23.2. The highest BCUT2D eigenvalue weighted by molar-refractivity contribution is 6.01. The van der Waals surface area contributed by atoms with Crippen LogP contribution in [0.5, 0.6) is 0 Å². The van der Waals surface area contributed by atoms with E-state index in [9.17, 15) is 24.6 Å². The summed E-state index contributed by atoms with van der Waals surface area (Å²) in [5, 5.41) is 21.6. The Balaban J connectivity index is 1.57. The molecule has 4 aliphatic rings. The Hall–Kier alpha value is -2.51. The van der Waals surface area contributed by atoms with Crippen molar-refractivity contribution >= 4 is 17.5 Å². The Labute approximate surface area is 198 Å². The van der Waals surface area contributed by atoms with Crippen LogP contribution in [0.3, 0.4) is 0 Å². The first-order valence-electron chi connectivity index (χ1n) is 12.1. The first-order chi connectivity index (χ1) is 16.1. The van der Waals surface area contributed by atoms with Crippen LogP contribution in [-0.4, -0.2) is 46.1 Å². The maximum Gasteiger partial charge on any atom is 0.375 e. The van der Waals surface area contributed by atoms with Crippen LogP contribution in [-0.2, 0) is 14.3 Å². The van der Waals surface area contributed by atoms with Crippen LogP contribution in [0.2, 0.25) is 0 Å². The lowest BCUT2D eigenvalue weighted by molar-refractivity contribution is -0.185. The molecule has 0 spiro atoms. The van der Waals surface area contributed by atoms with Gasteiger partial charge in [0.2, 0.25) is 11.5 Å². The zero-order valence-electron chi connectivity index (χ0n) is 19.8. The number of hydrogen-bond donors (Lipinski definition) is 2. The lowest BCUT2D eigenvalue weighted by Crippen LogP contribution is -2.64. The van der Waals surface area contributed by atoms with E-state index in [1.807, 2.05) is 19.9 Å². The van der Waals surface area contributed by atoms with Crippen LogP contribution < -0.4 is 0 Å². The van der Waals surface area contributed by atoms with Crippen molar-refractivity contribution in [1.82, 2.24) is 0 Å². The molecule has 8 atom stereocenters. The number of furan rings is 1. The fourth-order valence-electron chi connectivity index (χ4n) is 8.22. The van der Waals surface area contributed by atoms with Gasteiger partial charge in [-0.3, -0.25) is 9.59 Å². The van der Waals surface area contributed by atoms with Crippen LogP contribution in [0.1, 0.15) is 57.0 Å². The van der Waals surface area contributed by atoms with Crippen molar-refractivity contribution in [3.05, 3.63) is 48.0 Å². The molecule has 0 amide bonds. The van der Waals surface area contributed by atoms with Crippen molar-refractivity contribution in [2.75, 3.05) is 6.61 Å². The van der Waals surface area contributed by atoms with Crippen molar-refractivity contribution in [2.24, 2.45) is 34.5 Å². The Morgan fingerprint density at radius 1 is 1.29 bits per heavy atom. The topological polar surface area (TPSA) is 114 Å². The number of allylic oxidation sites excluding steroid dienone is 4. The molecule has 0 bridgehead atoms. The zero-order chi connectivity index (χ0) is 24.5. The molecular formula is C27H32O7. The van der Waals surface area contributed by atoms with Crippen LogP contribution in [0.4, 0.5) is 0 Å². The molecule has 4 aliphatic carbocycles. The Morgan fingerprint density at radius 3 is 2.74 bits per heavy atom. The molecule has 34 heavy (non-hydrogen) atoms. The fraction of sp³-hybridized carbons (Fsp3) is 0.593. The van der Waals surface area contributed by atoms with Crippen molar-refractivity contribution in [1.29, 1.82) is 0 Å². The quantitative estimate of drug-likeness (QED) is 0.652. The third-order valence-electron chi connectivity index (χ3n) is 9.57. The second-order valence-corrected chi connectivity index (χ2v) is 11.0. The van der Waals surface area contributed by atoms with Gasteiger partial charge in [0.1, 0.15) is 6.61 Å². The minimum atomic E-state index is -1.57. The van der Waals surface area contributed by atoms with Crippen LogP contribution in [0.15, 0.2) is 46.6 Å². The van der Waals surface area contributed by atoms with E-state index in [-0.39, 0.29) is 41.6 Å². The summed E-state index contributed by atoms with van der Waals surface area (Å²) in [6, 6.07) is 3.06. The number of carbonyl (C=O) groups excluding carboxylic acids is 3. The van der Waals surface area contributed by atoms with Gasteiger partial charge in [-0.05, 0) is 61.8 Å². The number of ether oxygens (including phenoxy) is 1. The van der Waals surface area contributed by atoms with Gasteiger partial charge in [0, 0.05) is 22.7 Å². The molecule has 3 fully saturated rings. The van der Waals surface area contributed by atoms with Crippen molar-refractivity contribution < 1.29 is 33.8 Å². The first-order valence-corrected chi connectivity index (χ1v) is 12.1. The van der Waals surface area contributed by atoms with E-state index in [0.29, 0.717) is 6.42 Å². The van der Waals surface area contributed by atoms with Crippen LogP contribution in [0, 0.1) is 34.5 Å². The highest BCUT2D eigenvalue weighted by atomic mass is 16.6. The normalized spacial score (nSPS) is 42.9. The van der Waals surface area contributed by atoms with E-state index in [0.717, 1.165) is 18.4 Å². The standard InChI is InChI=1S/C27H32O7/c1-15-11-19-18-7-6-16-12-17(29)8-9-25(16,2)23(18)20(30)13-26(19,3)27(15,22(31)14-28)34-24(32)21-5-4-10-33-21/h4-5,8-10,12,15,18-20,23,28,30H,6-7,11,13-14H2,1-3H3/t15?,18-,19-,20?,23+,25-,26-,27-/m0/s1. The average molecular weight is 469 g/mol. The molecule has 7 heteroatoms. The Kier molecular flexibility index (Phi) is 5.30. The zero-order valence-corrected chi connectivity index (χ0v) is 19.8. The molecule has 3 saturated carbocycles. The molecule has 5 rings (SSSR count). The third kappa shape index (κ3) is 2.92. The maximum absolute atomic E-state index is 13.4. The number of Topliss-reactive ketones (excluding diaryl/α,β-unsaturated/α-hetero) is 1. The highest BCUT2D eigenvalue weighted by Crippen LogP contribution is 2.69. The Bertz CT molecular complexity index is 1080. The van der Waals surface area contributed by atoms with E-state index in [1.165, 1.54) is 12.3 Å². The molecule has 0 aliphatic heterocycles. The number of ketones is 2. The second-order valence-electron chi connectivity index (χ2n) is 11.0. The summed E-state index contributed by atoms with van der Waals surface area (Å²) >= 11 is 0. The summed E-state index contributed by atoms with van der Waals surface area (Å²) in [5.41, 5.74) is -1.81.